The van der Waals surface area contributed by atoms with Crippen LogP contribution >= 0.6 is 11.6 Å². The summed E-state index contributed by atoms with van der Waals surface area (Å²) in [6, 6.07) is 13.2. The zero-order chi connectivity index (χ0) is 23.1. The number of aromatic nitrogens is 1. The number of aryl methyl sites for hydroxylation is 1. The third-order valence-electron chi connectivity index (χ3n) is 6.48. The predicted octanol–water partition coefficient (Wildman–Crippen LogP) is 6.40. The van der Waals surface area contributed by atoms with Crippen molar-refractivity contribution < 1.29 is 4.43 Å². The van der Waals surface area contributed by atoms with E-state index in [2.05, 4.69) is 33.9 Å². The molecular weight excluding hydrogens is 424 g/mol. The van der Waals surface area contributed by atoms with Gasteiger partial charge in [-0.15, -0.1) is 0 Å². The van der Waals surface area contributed by atoms with Gasteiger partial charge in [-0.3, -0.25) is 4.79 Å². The molecule has 166 valence electrons. The number of halogens is 1. The van der Waals surface area contributed by atoms with Crippen LogP contribution in [0.5, 0.6) is 0 Å². The van der Waals surface area contributed by atoms with Gasteiger partial charge in [0.2, 0.25) is 0 Å². The molecule has 1 aromatic heterocycles. The zero-order valence-electron chi connectivity index (χ0n) is 19.5. The van der Waals surface area contributed by atoms with E-state index < -0.39 is 8.32 Å². The first-order valence-corrected chi connectivity index (χ1v) is 13.9. The van der Waals surface area contributed by atoms with Gasteiger partial charge in [-0.2, -0.15) is 0 Å². The second-order valence-electron chi connectivity index (χ2n) is 9.82. The van der Waals surface area contributed by atoms with E-state index in [4.69, 9.17) is 21.8 Å². The number of pyridine rings is 1. The molecular formula is C25H33ClN2O2Si. The summed E-state index contributed by atoms with van der Waals surface area (Å²) in [5.41, 5.74) is 10.3. The van der Waals surface area contributed by atoms with Crippen LogP contribution in [0.1, 0.15) is 45.0 Å². The Morgan fingerprint density at radius 1 is 1.16 bits per heavy atom. The molecule has 3 rings (SSSR count). The Kier molecular flexibility index (Phi) is 6.54. The average Bonchev–Trinajstić information content (AvgIpc) is 2.68. The van der Waals surface area contributed by atoms with E-state index in [1.807, 2.05) is 54.9 Å². The second kappa shape index (κ2) is 8.55. The lowest BCUT2D eigenvalue weighted by Crippen LogP contribution is -2.40. The van der Waals surface area contributed by atoms with Gasteiger partial charge in [-0.25, -0.2) is 0 Å². The second-order valence-corrected chi connectivity index (χ2v) is 15.0. The summed E-state index contributed by atoms with van der Waals surface area (Å²) in [6.07, 6.45) is 0. The Labute approximate surface area is 191 Å². The molecule has 0 saturated carbocycles. The number of nitrogens with zero attached hydrogens (tertiary/aromatic N) is 1. The smallest absolute Gasteiger partial charge is 0.199 e. The minimum atomic E-state index is -1.88. The summed E-state index contributed by atoms with van der Waals surface area (Å²) in [4.78, 5) is 13.6. The number of fused-ring (bicyclic) bond motifs is 1. The largest absolute Gasteiger partial charge is 0.413 e. The summed E-state index contributed by atoms with van der Waals surface area (Å²) in [7, 11) is 0.0552. The van der Waals surface area contributed by atoms with Crippen molar-refractivity contribution in [3.8, 4) is 11.1 Å². The fourth-order valence-electron chi connectivity index (χ4n) is 3.66. The van der Waals surface area contributed by atoms with Crippen LogP contribution in [0.2, 0.25) is 23.2 Å². The van der Waals surface area contributed by atoms with Gasteiger partial charge in [-0.05, 0) is 54.4 Å². The average molecular weight is 457 g/mol. The number of hydrogen-bond acceptors (Lipinski definition) is 3. The third kappa shape index (κ3) is 4.51. The first-order valence-electron chi connectivity index (χ1n) is 10.6. The van der Waals surface area contributed by atoms with Crippen molar-refractivity contribution in [2.75, 3.05) is 0 Å². The van der Waals surface area contributed by atoms with Gasteiger partial charge in [-0.1, -0.05) is 56.6 Å². The van der Waals surface area contributed by atoms with Crippen molar-refractivity contribution in [2.45, 2.75) is 58.5 Å². The molecule has 3 aromatic rings. The topological polar surface area (TPSA) is 57.2 Å². The molecule has 0 saturated heterocycles. The predicted molar refractivity (Wildman–Crippen MR) is 134 cm³/mol. The van der Waals surface area contributed by atoms with Gasteiger partial charge < -0.3 is 14.7 Å². The minimum absolute atomic E-state index is 0.0894. The van der Waals surface area contributed by atoms with Crippen molar-refractivity contribution >= 4 is 30.8 Å². The van der Waals surface area contributed by atoms with Crippen LogP contribution in [0.25, 0.3) is 22.0 Å². The van der Waals surface area contributed by atoms with Gasteiger partial charge in [0, 0.05) is 18.8 Å². The summed E-state index contributed by atoms with van der Waals surface area (Å²) in [5, 5.41) is 1.11. The molecule has 1 atom stereocenters. The van der Waals surface area contributed by atoms with E-state index in [1.165, 1.54) is 0 Å². The number of nitrogens with two attached hydrogens (primary N) is 1. The molecule has 0 aliphatic heterocycles. The van der Waals surface area contributed by atoms with E-state index in [-0.39, 0.29) is 16.5 Å². The van der Waals surface area contributed by atoms with E-state index in [0.717, 1.165) is 22.3 Å². The van der Waals surface area contributed by atoms with E-state index in [0.29, 0.717) is 22.6 Å². The maximum Gasteiger partial charge on any atom is 0.199 e. The Bertz CT molecular complexity index is 1180. The van der Waals surface area contributed by atoms with Gasteiger partial charge in [0.1, 0.15) is 0 Å². The molecule has 0 aliphatic rings. The van der Waals surface area contributed by atoms with Crippen molar-refractivity contribution in [1.29, 1.82) is 0 Å². The Hall–Kier alpha value is -1.92. The highest BCUT2D eigenvalue weighted by Gasteiger charge is 2.37. The highest BCUT2D eigenvalue weighted by atomic mass is 35.5. The maximum absolute atomic E-state index is 13.6. The Morgan fingerprint density at radius 3 is 2.42 bits per heavy atom. The molecule has 0 unspecified atom stereocenters. The van der Waals surface area contributed by atoms with Crippen LogP contribution in [-0.4, -0.2) is 12.9 Å². The van der Waals surface area contributed by atoms with E-state index >= 15 is 0 Å². The van der Waals surface area contributed by atoms with Crippen molar-refractivity contribution in [3.63, 3.8) is 0 Å². The van der Waals surface area contributed by atoms with Crippen LogP contribution in [-0.2, 0) is 18.1 Å². The summed E-state index contributed by atoms with van der Waals surface area (Å²) < 4.78 is 8.39. The summed E-state index contributed by atoms with van der Waals surface area (Å²) in [5.74, 6) is 0. The minimum Gasteiger partial charge on any atom is -0.413 e. The van der Waals surface area contributed by atoms with Gasteiger partial charge in [0.15, 0.2) is 13.7 Å². The SMILES string of the molecule is C[C@H](N)c1c(-c2cccc(CO[Si](C)(C)C(C)(C)C)c2)c(=O)c2c(Cl)cccc2n1C. The van der Waals surface area contributed by atoms with Crippen LogP contribution in [0.3, 0.4) is 0 Å². The Morgan fingerprint density at radius 2 is 1.81 bits per heavy atom. The van der Waals surface area contributed by atoms with Crippen molar-refractivity contribution in [3.05, 3.63) is 69.0 Å². The lowest BCUT2D eigenvalue weighted by atomic mass is 9.96. The molecule has 0 spiro atoms. The molecule has 6 heteroatoms. The molecule has 1 heterocycles. The highest BCUT2D eigenvalue weighted by molar-refractivity contribution is 6.74. The standard InChI is InChI=1S/C25H33ClN2O2Si/c1-16(27)23-21(24(29)22-19(26)12-9-13-20(22)28(23)5)18-11-8-10-17(14-18)15-30-31(6,7)25(2,3)4/h8-14,16H,15,27H2,1-7H3/t16-/m0/s1. The highest BCUT2D eigenvalue weighted by Crippen LogP contribution is 2.37. The molecule has 0 aliphatic carbocycles. The van der Waals surface area contributed by atoms with E-state index in [9.17, 15) is 4.79 Å². The van der Waals surface area contributed by atoms with Crippen molar-refractivity contribution in [2.24, 2.45) is 12.8 Å². The molecule has 0 fully saturated rings. The summed E-state index contributed by atoms with van der Waals surface area (Å²) >= 11 is 6.44. The molecule has 0 bridgehead atoms. The number of rotatable bonds is 5. The first kappa shape index (κ1) is 23.7. The zero-order valence-corrected chi connectivity index (χ0v) is 21.3. The normalized spacial score (nSPS) is 13.6. The fourth-order valence-corrected chi connectivity index (χ4v) is 4.88. The van der Waals surface area contributed by atoms with Crippen LogP contribution in [0, 0.1) is 0 Å². The van der Waals surface area contributed by atoms with Crippen LogP contribution in [0.15, 0.2) is 47.3 Å². The van der Waals surface area contributed by atoms with E-state index in [1.54, 1.807) is 6.07 Å². The van der Waals surface area contributed by atoms with Gasteiger partial charge in [0.25, 0.3) is 0 Å². The fraction of sp³-hybridized carbons (Fsp3) is 0.400. The number of benzene rings is 2. The molecule has 31 heavy (non-hydrogen) atoms. The van der Waals surface area contributed by atoms with Gasteiger partial charge in [0.05, 0.1) is 28.1 Å². The van der Waals surface area contributed by atoms with Gasteiger partial charge >= 0.3 is 0 Å². The molecule has 2 aromatic carbocycles. The monoisotopic (exact) mass is 456 g/mol. The lowest BCUT2D eigenvalue weighted by molar-refractivity contribution is 0.276. The molecule has 4 nitrogen and oxygen atoms in total. The summed E-state index contributed by atoms with van der Waals surface area (Å²) in [6.45, 7) is 13.6. The lowest BCUT2D eigenvalue weighted by Gasteiger charge is -2.36. The number of hydrogen-bond donors (Lipinski definition) is 1. The first-order chi connectivity index (χ1) is 14.3. The maximum atomic E-state index is 13.6. The van der Waals surface area contributed by atoms with Crippen molar-refractivity contribution in [1.82, 2.24) is 4.57 Å². The quantitative estimate of drug-likeness (QED) is 0.452. The molecule has 2 N–H and O–H groups in total. The molecule has 0 amide bonds. The van der Waals surface area contributed by atoms with Crippen LogP contribution in [0.4, 0.5) is 0 Å². The third-order valence-corrected chi connectivity index (χ3v) is 11.3. The molecule has 0 radical (unpaired) electrons. The Balaban J connectivity index is 2.16. The van der Waals surface area contributed by atoms with Crippen LogP contribution < -0.4 is 11.2 Å².